The lowest BCUT2D eigenvalue weighted by Crippen LogP contribution is -2.47. The Bertz CT molecular complexity index is 1280. The van der Waals surface area contributed by atoms with Crippen molar-refractivity contribution in [2.45, 2.75) is 27.2 Å². The summed E-state index contributed by atoms with van der Waals surface area (Å²) in [5.74, 6) is 1.04. The summed E-state index contributed by atoms with van der Waals surface area (Å²) in [6.45, 7) is 9.88. The van der Waals surface area contributed by atoms with Crippen LogP contribution in [0.2, 0.25) is 0 Å². The average Bonchev–Trinajstić information content (AvgIpc) is 2.96. The Kier molecular flexibility index (Phi) is 9.31. The molecule has 39 heavy (non-hydrogen) atoms. The Morgan fingerprint density at radius 3 is 2.18 bits per heavy atom. The van der Waals surface area contributed by atoms with Crippen LogP contribution < -0.4 is 30.5 Å². The summed E-state index contributed by atoms with van der Waals surface area (Å²) < 4.78 is 5.55. The van der Waals surface area contributed by atoms with Crippen molar-refractivity contribution in [3.8, 4) is 5.75 Å². The average molecular weight is 530 g/mol. The van der Waals surface area contributed by atoms with E-state index in [1.54, 1.807) is 13.2 Å². The molecule has 0 spiro atoms. The second-order valence-electron chi connectivity index (χ2n) is 10.1. The van der Waals surface area contributed by atoms with Crippen molar-refractivity contribution in [3.63, 3.8) is 0 Å². The number of hydrogen-bond acceptors (Lipinski definition) is 5. The quantitative estimate of drug-likeness (QED) is 0.335. The first-order chi connectivity index (χ1) is 18.9. The van der Waals surface area contributed by atoms with E-state index in [0.717, 1.165) is 61.0 Å². The Balaban J connectivity index is 1.50. The van der Waals surface area contributed by atoms with E-state index >= 15 is 0 Å². The molecule has 206 valence electrons. The third kappa shape index (κ3) is 7.22. The number of piperazine rings is 1. The van der Waals surface area contributed by atoms with Gasteiger partial charge in [-0.3, -0.25) is 4.79 Å². The highest BCUT2D eigenvalue weighted by atomic mass is 16.5. The van der Waals surface area contributed by atoms with Crippen molar-refractivity contribution in [3.05, 3.63) is 77.9 Å². The minimum absolute atomic E-state index is 0.148. The molecule has 1 aliphatic heterocycles. The molecule has 0 atom stereocenters. The van der Waals surface area contributed by atoms with Gasteiger partial charge >= 0.3 is 6.03 Å². The van der Waals surface area contributed by atoms with Crippen LogP contribution in [0.3, 0.4) is 0 Å². The van der Waals surface area contributed by atoms with Gasteiger partial charge in [0.1, 0.15) is 5.75 Å². The minimum atomic E-state index is -0.352. The van der Waals surface area contributed by atoms with E-state index in [-0.39, 0.29) is 11.9 Å². The summed E-state index contributed by atoms with van der Waals surface area (Å²) >= 11 is 0. The summed E-state index contributed by atoms with van der Waals surface area (Å²) in [7, 11) is 1.69. The molecule has 8 nitrogen and oxygen atoms in total. The number of amides is 3. The van der Waals surface area contributed by atoms with Gasteiger partial charge in [-0.15, -0.1) is 0 Å². The molecule has 3 aromatic carbocycles. The van der Waals surface area contributed by atoms with E-state index in [9.17, 15) is 9.59 Å². The first kappa shape index (κ1) is 27.8. The van der Waals surface area contributed by atoms with Crippen LogP contribution in [0.1, 0.15) is 36.7 Å². The van der Waals surface area contributed by atoms with Gasteiger partial charge in [0.2, 0.25) is 0 Å². The van der Waals surface area contributed by atoms with Gasteiger partial charge in [-0.05, 0) is 60.4 Å². The fraction of sp³-hybridized carbons (Fsp3) is 0.355. The van der Waals surface area contributed by atoms with Crippen molar-refractivity contribution < 1.29 is 14.3 Å². The van der Waals surface area contributed by atoms with Crippen LogP contribution in [-0.4, -0.2) is 51.8 Å². The first-order valence-electron chi connectivity index (χ1n) is 13.6. The maximum Gasteiger partial charge on any atom is 0.323 e. The van der Waals surface area contributed by atoms with E-state index in [1.165, 1.54) is 0 Å². The molecule has 1 fully saturated rings. The lowest BCUT2D eigenvalue weighted by molar-refractivity contribution is 0.0949. The van der Waals surface area contributed by atoms with Crippen LogP contribution in [0.25, 0.3) is 0 Å². The molecule has 1 aliphatic rings. The Morgan fingerprint density at radius 2 is 1.51 bits per heavy atom. The predicted molar refractivity (Wildman–Crippen MR) is 159 cm³/mol. The third-order valence-corrected chi connectivity index (χ3v) is 6.81. The topological polar surface area (TPSA) is 85.9 Å². The lowest BCUT2D eigenvalue weighted by Gasteiger charge is -2.38. The van der Waals surface area contributed by atoms with Gasteiger partial charge in [0.25, 0.3) is 5.91 Å². The number of carbonyl (C=O) groups is 2. The number of nitrogens with zero attached hydrogens (tertiary/aromatic N) is 2. The zero-order chi connectivity index (χ0) is 27.8. The van der Waals surface area contributed by atoms with Crippen LogP contribution in [0.4, 0.5) is 27.5 Å². The smallest absolute Gasteiger partial charge is 0.323 e. The molecule has 0 radical (unpaired) electrons. The molecule has 0 saturated carbocycles. The Labute approximate surface area is 231 Å². The zero-order valence-electron chi connectivity index (χ0n) is 23.3. The second kappa shape index (κ2) is 13.0. The summed E-state index contributed by atoms with van der Waals surface area (Å²) in [6.07, 6.45) is 0.889. The monoisotopic (exact) mass is 529 g/mol. The fourth-order valence-electron chi connectivity index (χ4n) is 4.71. The van der Waals surface area contributed by atoms with E-state index in [1.807, 2.05) is 54.6 Å². The van der Waals surface area contributed by atoms with Crippen LogP contribution in [0, 0.1) is 5.92 Å². The number of rotatable bonds is 9. The van der Waals surface area contributed by atoms with Gasteiger partial charge in [-0.1, -0.05) is 45.0 Å². The van der Waals surface area contributed by atoms with Gasteiger partial charge in [0.05, 0.1) is 18.4 Å². The second-order valence-corrected chi connectivity index (χ2v) is 10.1. The minimum Gasteiger partial charge on any atom is -0.495 e. The molecule has 0 bridgehead atoms. The lowest BCUT2D eigenvalue weighted by atomic mass is 10.1. The maximum atomic E-state index is 13.3. The predicted octanol–water partition coefficient (Wildman–Crippen LogP) is 5.61. The normalized spacial score (nSPS) is 13.3. The van der Waals surface area contributed by atoms with Gasteiger partial charge in [0.15, 0.2) is 0 Å². The number of hydrogen-bond donors (Lipinski definition) is 3. The standard InChI is InChI=1S/C31H39N5O3/c1-5-23-9-8-10-24(19-23)33-31(38)34-25-13-14-27(26(20-25)30(37)32-21-22(2)3)35-15-17-36(18-16-35)28-11-6-7-12-29(28)39-4/h6-14,19-20,22H,5,15-18,21H2,1-4H3,(H,32,37)(H2,33,34,38). The molecular formula is C31H39N5O3. The molecule has 3 amide bonds. The van der Waals surface area contributed by atoms with Crippen LogP contribution in [-0.2, 0) is 6.42 Å². The number of benzene rings is 3. The molecule has 4 rings (SSSR count). The first-order valence-corrected chi connectivity index (χ1v) is 13.6. The van der Waals surface area contributed by atoms with Crippen molar-refractivity contribution in [2.24, 2.45) is 5.92 Å². The number of carbonyl (C=O) groups excluding carboxylic acids is 2. The molecule has 1 saturated heterocycles. The van der Waals surface area contributed by atoms with Gasteiger partial charge < -0.3 is 30.5 Å². The molecular weight excluding hydrogens is 490 g/mol. The largest absolute Gasteiger partial charge is 0.495 e. The summed E-state index contributed by atoms with van der Waals surface area (Å²) in [6, 6.07) is 21.0. The summed E-state index contributed by atoms with van der Waals surface area (Å²) in [4.78, 5) is 30.6. The molecule has 3 aromatic rings. The number of ether oxygens (including phenoxy) is 1. The molecule has 1 heterocycles. The van der Waals surface area contributed by atoms with E-state index < -0.39 is 0 Å². The fourth-order valence-corrected chi connectivity index (χ4v) is 4.71. The van der Waals surface area contributed by atoms with E-state index in [2.05, 4.69) is 52.6 Å². The number of aryl methyl sites for hydroxylation is 1. The maximum absolute atomic E-state index is 13.3. The van der Waals surface area contributed by atoms with Gasteiger partial charge in [0, 0.05) is 49.8 Å². The van der Waals surface area contributed by atoms with Crippen molar-refractivity contribution >= 4 is 34.7 Å². The number of urea groups is 1. The SMILES string of the molecule is CCc1cccc(NC(=O)Nc2ccc(N3CCN(c4ccccc4OC)CC3)c(C(=O)NCC(C)C)c2)c1. The van der Waals surface area contributed by atoms with Crippen molar-refractivity contribution in [1.82, 2.24) is 5.32 Å². The van der Waals surface area contributed by atoms with Gasteiger partial charge in [-0.25, -0.2) is 4.79 Å². The van der Waals surface area contributed by atoms with Crippen molar-refractivity contribution in [1.29, 1.82) is 0 Å². The highest BCUT2D eigenvalue weighted by Gasteiger charge is 2.24. The third-order valence-electron chi connectivity index (χ3n) is 6.81. The Morgan fingerprint density at radius 1 is 0.846 bits per heavy atom. The number of para-hydroxylation sites is 2. The van der Waals surface area contributed by atoms with E-state index in [4.69, 9.17) is 4.74 Å². The van der Waals surface area contributed by atoms with Crippen LogP contribution >= 0.6 is 0 Å². The summed E-state index contributed by atoms with van der Waals surface area (Å²) in [5, 5.41) is 8.81. The van der Waals surface area contributed by atoms with Crippen LogP contribution in [0.15, 0.2) is 66.7 Å². The highest BCUT2D eigenvalue weighted by Crippen LogP contribution is 2.31. The summed E-state index contributed by atoms with van der Waals surface area (Å²) in [5.41, 5.74) is 4.91. The highest BCUT2D eigenvalue weighted by molar-refractivity contribution is 6.04. The molecule has 0 unspecified atom stereocenters. The molecule has 3 N–H and O–H groups in total. The number of methoxy groups -OCH3 is 1. The molecule has 0 aromatic heterocycles. The van der Waals surface area contributed by atoms with E-state index in [0.29, 0.717) is 23.7 Å². The Hall–Kier alpha value is -4.20. The number of anilines is 4. The molecule has 8 heteroatoms. The molecule has 0 aliphatic carbocycles. The van der Waals surface area contributed by atoms with Crippen molar-refractivity contribution in [2.75, 3.05) is 60.3 Å². The number of nitrogens with one attached hydrogen (secondary N) is 3. The zero-order valence-corrected chi connectivity index (χ0v) is 23.3. The van der Waals surface area contributed by atoms with Gasteiger partial charge in [-0.2, -0.15) is 0 Å². The van der Waals surface area contributed by atoms with Crippen LogP contribution in [0.5, 0.6) is 5.75 Å².